The summed E-state index contributed by atoms with van der Waals surface area (Å²) in [6, 6.07) is 16.5. The van der Waals surface area contributed by atoms with Crippen LogP contribution in [0.3, 0.4) is 0 Å². The zero-order valence-corrected chi connectivity index (χ0v) is 13.5. The quantitative estimate of drug-likeness (QED) is 0.891. The van der Waals surface area contributed by atoms with Gasteiger partial charge < -0.3 is 0 Å². The Kier molecular flexibility index (Phi) is 4.96. The molecule has 0 radical (unpaired) electrons. The number of halogens is 1. The summed E-state index contributed by atoms with van der Waals surface area (Å²) in [6.07, 6.45) is 0. The van der Waals surface area contributed by atoms with E-state index in [9.17, 15) is 8.42 Å². The molecule has 0 bridgehead atoms. The van der Waals surface area contributed by atoms with E-state index < -0.39 is 10.0 Å². The molecule has 0 fully saturated rings. The summed E-state index contributed by atoms with van der Waals surface area (Å²) in [5, 5.41) is 0. The number of nitrogens with one attached hydrogen (secondary N) is 1. The SMILES string of the molecule is C[C@@H](NS(=O)(=O)Cc1ccccc1)c1ccccc1Br. The maximum absolute atomic E-state index is 12.2. The van der Waals surface area contributed by atoms with Gasteiger partial charge in [-0.25, -0.2) is 13.1 Å². The van der Waals surface area contributed by atoms with E-state index in [1.807, 2.05) is 61.5 Å². The third kappa shape index (κ3) is 4.16. The van der Waals surface area contributed by atoms with E-state index in [-0.39, 0.29) is 11.8 Å². The molecule has 0 unspecified atom stereocenters. The highest BCUT2D eigenvalue weighted by atomic mass is 79.9. The lowest BCUT2D eigenvalue weighted by molar-refractivity contribution is 0.565. The number of rotatable bonds is 5. The number of hydrogen-bond donors (Lipinski definition) is 1. The van der Waals surface area contributed by atoms with Crippen LogP contribution in [0.5, 0.6) is 0 Å². The Morgan fingerprint density at radius 1 is 1.05 bits per heavy atom. The van der Waals surface area contributed by atoms with Crippen LogP contribution in [0.4, 0.5) is 0 Å². The van der Waals surface area contributed by atoms with Crippen molar-refractivity contribution in [3.05, 3.63) is 70.2 Å². The fourth-order valence-electron chi connectivity index (χ4n) is 1.99. The molecule has 0 aromatic heterocycles. The van der Waals surface area contributed by atoms with Crippen LogP contribution < -0.4 is 4.72 Å². The van der Waals surface area contributed by atoms with Crippen molar-refractivity contribution in [3.8, 4) is 0 Å². The van der Waals surface area contributed by atoms with Gasteiger partial charge in [-0.1, -0.05) is 64.5 Å². The van der Waals surface area contributed by atoms with Crippen molar-refractivity contribution in [3.63, 3.8) is 0 Å². The van der Waals surface area contributed by atoms with E-state index in [1.165, 1.54) is 0 Å². The van der Waals surface area contributed by atoms with Gasteiger partial charge in [0.2, 0.25) is 10.0 Å². The van der Waals surface area contributed by atoms with Gasteiger partial charge in [-0.3, -0.25) is 0 Å². The summed E-state index contributed by atoms with van der Waals surface area (Å²) in [5.74, 6) is -0.0113. The Bertz CT molecular complexity index is 671. The largest absolute Gasteiger partial charge is 0.216 e. The predicted molar refractivity (Wildman–Crippen MR) is 84.8 cm³/mol. The molecular formula is C15H16BrNO2S. The van der Waals surface area contributed by atoms with Crippen molar-refractivity contribution >= 4 is 26.0 Å². The molecule has 0 aliphatic carbocycles. The number of benzene rings is 2. The first-order valence-corrected chi connectivity index (χ1v) is 8.71. The molecule has 2 aromatic rings. The summed E-state index contributed by atoms with van der Waals surface area (Å²) < 4.78 is 27.9. The summed E-state index contributed by atoms with van der Waals surface area (Å²) in [6.45, 7) is 1.84. The van der Waals surface area contributed by atoms with Gasteiger partial charge in [0.05, 0.1) is 5.75 Å². The summed E-state index contributed by atoms with van der Waals surface area (Å²) in [5.41, 5.74) is 1.70. The summed E-state index contributed by atoms with van der Waals surface area (Å²) in [4.78, 5) is 0. The molecule has 3 nitrogen and oxygen atoms in total. The van der Waals surface area contributed by atoms with Gasteiger partial charge in [0, 0.05) is 10.5 Å². The van der Waals surface area contributed by atoms with Crippen LogP contribution in [0.2, 0.25) is 0 Å². The van der Waals surface area contributed by atoms with Crippen LogP contribution >= 0.6 is 15.9 Å². The van der Waals surface area contributed by atoms with Crippen LogP contribution in [0.25, 0.3) is 0 Å². The highest BCUT2D eigenvalue weighted by Crippen LogP contribution is 2.23. The van der Waals surface area contributed by atoms with Crippen molar-refractivity contribution in [2.75, 3.05) is 0 Å². The van der Waals surface area contributed by atoms with Crippen molar-refractivity contribution in [1.82, 2.24) is 4.72 Å². The minimum Gasteiger partial charge on any atom is -0.212 e. The first-order valence-electron chi connectivity index (χ1n) is 6.26. The van der Waals surface area contributed by atoms with E-state index >= 15 is 0 Å². The Labute approximate surface area is 128 Å². The van der Waals surface area contributed by atoms with Gasteiger partial charge in [-0.15, -0.1) is 0 Å². The molecule has 1 atom stereocenters. The highest BCUT2D eigenvalue weighted by molar-refractivity contribution is 9.10. The molecule has 0 amide bonds. The molecule has 0 saturated carbocycles. The lowest BCUT2D eigenvalue weighted by Crippen LogP contribution is -2.28. The molecule has 2 rings (SSSR count). The molecule has 1 N–H and O–H groups in total. The Hall–Kier alpha value is -1.17. The van der Waals surface area contributed by atoms with Gasteiger partial charge >= 0.3 is 0 Å². The van der Waals surface area contributed by atoms with Crippen LogP contribution in [0.15, 0.2) is 59.1 Å². The Balaban J connectivity index is 2.11. The maximum Gasteiger partial charge on any atom is 0.216 e. The number of hydrogen-bond acceptors (Lipinski definition) is 2. The Morgan fingerprint density at radius 2 is 1.65 bits per heavy atom. The topological polar surface area (TPSA) is 46.2 Å². The monoisotopic (exact) mass is 353 g/mol. The van der Waals surface area contributed by atoms with Crippen LogP contribution in [-0.2, 0) is 15.8 Å². The average molecular weight is 354 g/mol. The smallest absolute Gasteiger partial charge is 0.212 e. The molecule has 106 valence electrons. The van der Waals surface area contributed by atoms with Crippen molar-refractivity contribution < 1.29 is 8.42 Å². The van der Waals surface area contributed by atoms with E-state index in [2.05, 4.69) is 20.7 Å². The van der Waals surface area contributed by atoms with E-state index in [0.717, 1.165) is 15.6 Å². The molecule has 0 spiro atoms. The fraction of sp³-hybridized carbons (Fsp3) is 0.200. The maximum atomic E-state index is 12.2. The first-order chi connectivity index (χ1) is 9.48. The van der Waals surface area contributed by atoms with Gasteiger partial charge in [-0.2, -0.15) is 0 Å². The lowest BCUT2D eigenvalue weighted by atomic mass is 10.1. The van der Waals surface area contributed by atoms with Gasteiger partial charge in [0.25, 0.3) is 0 Å². The van der Waals surface area contributed by atoms with E-state index in [1.54, 1.807) is 0 Å². The van der Waals surface area contributed by atoms with Crippen molar-refractivity contribution in [2.24, 2.45) is 0 Å². The fourth-order valence-corrected chi connectivity index (χ4v) is 4.00. The third-order valence-corrected chi connectivity index (χ3v) is 5.08. The second-order valence-corrected chi connectivity index (χ2v) is 7.21. The minimum absolute atomic E-state index is 0.0113. The molecule has 0 saturated heterocycles. The second-order valence-electron chi connectivity index (χ2n) is 4.61. The molecule has 0 aliphatic heterocycles. The molecule has 2 aromatic carbocycles. The third-order valence-electron chi connectivity index (χ3n) is 2.93. The zero-order chi connectivity index (χ0) is 14.6. The van der Waals surface area contributed by atoms with Crippen LogP contribution in [-0.4, -0.2) is 8.42 Å². The molecule has 5 heteroatoms. The summed E-state index contributed by atoms with van der Waals surface area (Å²) >= 11 is 3.44. The summed E-state index contributed by atoms with van der Waals surface area (Å²) in [7, 11) is -3.37. The molecule has 20 heavy (non-hydrogen) atoms. The molecule has 0 heterocycles. The van der Waals surface area contributed by atoms with Crippen molar-refractivity contribution in [1.29, 1.82) is 0 Å². The van der Waals surface area contributed by atoms with Crippen LogP contribution in [0.1, 0.15) is 24.1 Å². The molecular weight excluding hydrogens is 338 g/mol. The normalized spacial score (nSPS) is 13.1. The zero-order valence-electron chi connectivity index (χ0n) is 11.1. The second kappa shape index (κ2) is 6.52. The van der Waals surface area contributed by atoms with Crippen LogP contribution in [0, 0.1) is 0 Å². The predicted octanol–water partition coefficient (Wildman–Crippen LogP) is 3.63. The lowest BCUT2D eigenvalue weighted by Gasteiger charge is -2.16. The number of sulfonamides is 1. The average Bonchev–Trinajstić information content (AvgIpc) is 2.39. The van der Waals surface area contributed by atoms with Gasteiger partial charge in [0.1, 0.15) is 0 Å². The first kappa shape index (κ1) is 15.2. The minimum atomic E-state index is -3.37. The van der Waals surface area contributed by atoms with Gasteiger partial charge in [-0.05, 0) is 24.1 Å². The van der Waals surface area contributed by atoms with E-state index in [0.29, 0.717) is 0 Å². The van der Waals surface area contributed by atoms with E-state index in [4.69, 9.17) is 0 Å². The highest BCUT2D eigenvalue weighted by Gasteiger charge is 2.17. The standard InChI is InChI=1S/C15H16BrNO2S/c1-12(14-9-5-6-10-15(14)16)17-20(18,19)11-13-7-3-2-4-8-13/h2-10,12,17H,11H2,1H3/t12-/m1/s1. The molecule has 0 aliphatic rings. The Morgan fingerprint density at radius 3 is 2.30 bits per heavy atom. The van der Waals surface area contributed by atoms with Crippen molar-refractivity contribution in [2.45, 2.75) is 18.7 Å². The van der Waals surface area contributed by atoms with Gasteiger partial charge in [0.15, 0.2) is 0 Å².